The van der Waals surface area contributed by atoms with Crippen LogP contribution in [0.4, 0.5) is 0 Å². The Hall–Kier alpha value is -3.91. The van der Waals surface area contributed by atoms with Gasteiger partial charge in [-0.2, -0.15) is 0 Å². The molecule has 0 fully saturated rings. The third-order valence-electron chi connectivity index (χ3n) is 5.55. The van der Waals surface area contributed by atoms with Gasteiger partial charge in [0.15, 0.2) is 17.2 Å². The number of nitrogens with one attached hydrogen (secondary N) is 1. The minimum absolute atomic E-state index is 0.103. The number of hydroxylamine groups is 2. The molecule has 0 radical (unpaired) electrons. The summed E-state index contributed by atoms with van der Waals surface area (Å²) in [4.78, 5) is 35.0. The molecular formula is C25H27N3O5. The zero-order chi connectivity index (χ0) is 24.0. The first-order chi connectivity index (χ1) is 15.8. The molecule has 1 amide bonds. The Morgan fingerprint density at radius 3 is 2.09 bits per heavy atom. The Labute approximate surface area is 192 Å². The fourth-order valence-corrected chi connectivity index (χ4v) is 3.45. The van der Waals surface area contributed by atoms with Gasteiger partial charge in [0, 0.05) is 19.3 Å². The SMILES string of the molecule is COc1ccnc(C(=O)N[C@@H](C)C(=O)ON(C)C(C)(c2ccccc2)c2ccccc2)c1O. The smallest absolute Gasteiger partial charge is 0.347 e. The Balaban J connectivity index is 1.78. The number of pyridine rings is 1. The summed E-state index contributed by atoms with van der Waals surface area (Å²) in [6.45, 7) is 3.44. The number of methoxy groups -OCH3 is 1. The van der Waals surface area contributed by atoms with E-state index in [1.54, 1.807) is 7.05 Å². The average Bonchev–Trinajstić information content (AvgIpc) is 2.84. The van der Waals surface area contributed by atoms with E-state index < -0.39 is 29.2 Å². The van der Waals surface area contributed by atoms with Gasteiger partial charge in [-0.05, 0) is 25.0 Å². The van der Waals surface area contributed by atoms with Crippen LogP contribution in [0.2, 0.25) is 0 Å². The molecular weight excluding hydrogens is 422 g/mol. The van der Waals surface area contributed by atoms with Crippen LogP contribution in [0.1, 0.15) is 35.5 Å². The summed E-state index contributed by atoms with van der Waals surface area (Å²) in [5, 5.41) is 14.1. The van der Waals surface area contributed by atoms with Crippen molar-refractivity contribution < 1.29 is 24.3 Å². The summed E-state index contributed by atoms with van der Waals surface area (Å²) in [6, 6.07) is 19.8. The van der Waals surface area contributed by atoms with Gasteiger partial charge >= 0.3 is 5.97 Å². The van der Waals surface area contributed by atoms with Crippen LogP contribution >= 0.6 is 0 Å². The van der Waals surface area contributed by atoms with Gasteiger partial charge in [0.05, 0.1) is 7.11 Å². The van der Waals surface area contributed by atoms with Crippen LogP contribution in [0.5, 0.6) is 11.5 Å². The molecule has 0 saturated carbocycles. The monoisotopic (exact) mass is 449 g/mol. The summed E-state index contributed by atoms with van der Waals surface area (Å²) < 4.78 is 4.99. The first-order valence-electron chi connectivity index (χ1n) is 10.4. The Morgan fingerprint density at radius 2 is 1.58 bits per heavy atom. The van der Waals surface area contributed by atoms with Crippen LogP contribution in [-0.2, 0) is 15.2 Å². The van der Waals surface area contributed by atoms with Crippen LogP contribution in [-0.4, -0.2) is 47.2 Å². The number of carbonyl (C=O) groups is 2. The number of nitrogens with zero attached hydrogens (tertiary/aromatic N) is 2. The van der Waals surface area contributed by atoms with Gasteiger partial charge in [-0.3, -0.25) is 4.79 Å². The maximum Gasteiger partial charge on any atom is 0.347 e. The van der Waals surface area contributed by atoms with E-state index in [9.17, 15) is 14.7 Å². The molecule has 0 aliphatic carbocycles. The van der Waals surface area contributed by atoms with E-state index >= 15 is 0 Å². The predicted octanol–water partition coefficient (Wildman–Crippen LogP) is 3.27. The highest BCUT2D eigenvalue weighted by atomic mass is 16.7. The van der Waals surface area contributed by atoms with E-state index in [2.05, 4.69) is 10.3 Å². The van der Waals surface area contributed by atoms with Crippen molar-refractivity contribution >= 4 is 11.9 Å². The number of benzene rings is 2. The van der Waals surface area contributed by atoms with Crippen LogP contribution < -0.4 is 10.1 Å². The van der Waals surface area contributed by atoms with Gasteiger partial charge in [-0.25, -0.2) is 9.78 Å². The second-order valence-corrected chi connectivity index (χ2v) is 7.62. The number of carbonyl (C=O) groups excluding carboxylic acids is 2. The lowest BCUT2D eigenvalue weighted by molar-refractivity contribution is -0.207. The number of hydrogen-bond donors (Lipinski definition) is 2. The lowest BCUT2D eigenvalue weighted by atomic mass is 9.84. The molecule has 33 heavy (non-hydrogen) atoms. The summed E-state index contributed by atoms with van der Waals surface area (Å²) in [5.74, 6) is -1.71. The fraction of sp³-hybridized carbons (Fsp3) is 0.240. The Morgan fingerprint density at radius 1 is 1.03 bits per heavy atom. The lowest BCUT2D eigenvalue weighted by Gasteiger charge is -2.38. The molecule has 172 valence electrons. The molecule has 1 aromatic heterocycles. The van der Waals surface area contributed by atoms with Gasteiger partial charge in [0.25, 0.3) is 5.91 Å². The highest BCUT2D eigenvalue weighted by Crippen LogP contribution is 2.35. The second-order valence-electron chi connectivity index (χ2n) is 7.62. The number of rotatable bonds is 8. The van der Waals surface area contributed by atoms with Crippen LogP contribution in [0, 0.1) is 0 Å². The van der Waals surface area contributed by atoms with Gasteiger partial charge in [0.2, 0.25) is 0 Å². The molecule has 0 saturated heterocycles. The number of aromatic nitrogens is 1. The maximum absolute atomic E-state index is 12.9. The summed E-state index contributed by atoms with van der Waals surface area (Å²) >= 11 is 0. The molecule has 0 bridgehead atoms. The molecule has 1 atom stereocenters. The molecule has 8 nitrogen and oxygen atoms in total. The van der Waals surface area contributed by atoms with Crippen LogP contribution in [0.15, 0.2) is 72.9 Å². The summed E-state index contributed by atoms with van der Waals surface area (Å²) in [6.07, 6.45) is 1.33. The van der Waals surface area contributed by atoms with Crippen LogP contribution in [0.25, 0.3) is 0 Å². The maximum atomic E-state index is 12.9. The van der Waals surface area contributed by atoms with Gasteiger partial charge < -0.3 is 20.0 Å². The largest absolute Gasteiger partial charge is 0.503 e. The second kappa shape index (κ2) is 10.1. The molecule has 0 spiro atoms. The molecule has 2 N–H and O–H groups in total. The standard InChI is InChI=1S/C25H27N3O5/c1-17(27-23(30)21-22(29)20(32-4)15-16-26-21)24(31)33-28(3)25(2,18-11-7-5-8-12-18)19-13-9-6-10-14-19/h5-17,29H,1-4H3,(H,27,30)/t17-/m0/s1. The normalized spacial score (nSPS) is 12.2. The van der Waals surface area contributed by atoms with Gasteiger partial charge in [-0.1, -0.05) is 60.7 Å². The minimum atomic E-state index is -1.01. The molecule has 2 aromatic carbocycles. The van der Waals surface area contributed by atoms with Crippen molar-refractivity contribution in [1.82, 2.24) is 15.4 Å². The van der Waals surface area contributed by atoms with E-state index in [0.29, 0.717) is 0 Å². The van der Waals surface area contributed by atoms with Crippen molar-refractivity contribution in [3.05, 3.63) is 89.7 Å². The van der Waals surface area contributed by atoms with Gasteiger partial charge in [-0.15, -0.1) is 5.06 Å². The van der Waals surface area contributed by atoms with E-state index in [4.69, 9.17) is 9.57 Å². The third kappa shape index (κ3) is 4.96. The first kappa shape index (κ1) is 23.7. The number of hydrogen-bond acceptors (Lipinski definition) is 7. The molecule has 8 heteroatoms. The topological polar surface area (TPSA) is 101 Å². The third-order valence-corrected chi connectivity index (χ3v) is 5.55. The molecule has 3 aromatic rings. The summed E-state index contributed by atoms with van der Waals surface area (Å²) in [7, 11) is 3.03. The van der Waals surface area contributed by atoms with E-state index in [1.165, 1.54) is 31.4 Å². The number of aromatic hydroxyl groups is 1. The lowest BCUT2D eigenvalue weighted by Crippen LogP contribution is -2.47. The van der Waals surface area contributed by atoms with E-state index in [-0.39, 0.29) is 11.4 Å². The fourth-order valence-electron chi connectivity index (χ4n) is 3.45. The highest BCUT2D eigenvalue weighted by molar-refractivity contribution is 5.97. The van der Waals surface area contributed by atoms with E-state index in [0.717, 1.165) is 11.1 Å². The molecule has 0 aliphatic heterocycles. The highest BCUT2D eigenvalue weighted by Gasteiger charge is 2.37. The summed E-state index contributed by atoms with van der Waals surface area (Å²) in [5.41, 5.74) is 0.817. The van der Waals surface area contributed by atoms with Crippen molar-refractivity contribution in [2.45, 2.75) is 25.4 Å². The quantitative estimate of drug-likeness (QED) is 0.509. The Kier molecular flexibility index (Phi) is 7.30. The van der Waals surface area contributed by atoms with Crippen molar-refractivity contribution in [3.63, 3.8) is 0 Å². The van der Waals surface area contributed by atoms with Crippen molar-refractivity contribution in [2.75, 3.05) is 14.2 Å². The predicted molar refractivity (Wildman–Crippen MR) is 123 cm³/mol. The molecule has 1 heterocycles. The van der Waals surface area contributed by atoms with Crippen molar-refractivity contribution in [3.8, 4) is 11.5 Å². The number of ether oxygens (including phenoxy) is 1. The zero-order valence-corrected chi connectivity index (χ0v) is 19.0. The molecule has 3 rings (SSSR count). The first-order valence-corrected chi connectivity index (χ1v) is 10.4. The van der Waals surface area contributed by atoms with Crippen molar-refractivity contribution in [2.24, 2.45) is 0 Å². The Bertz CT molecular complexity index is 1070. The van der Waals surface area contributed by atoms with Gasteiger partial charge in [0.1, 0.15) is 11.6 Å². The minimum Gasteiger partial charge on any atom is -0.503 e. The van der Waals surface area contributed by atoms with Crippen molar-refractivity contribution in [1.29, 1.82) is 0 Å². The number of amides is 1. The molecule has 0 aliphatic rings. The van der Waals surface area contributed by atoms with Crippen LogP contribution in [0.3, 0.4) is 0 Å². The molecule has 0 unspecified atom stereocenters. The average molecular weight is 450 g/mol. The zero-order valence-electron chi connectivity index (χ0n) is 19.0. The van der Waals surface area contributed by atoms with E-state index in [1.807, 2.05) is 67.6 Å².